The molecule has 1 aromatic carbocycles. The Labute approximate surface area is 103 Å². The smallest absolute Gasteiger partial charge is 0.356 e. The summed E-state index contributed by atoms with van der Waals surface area (Å²) in [6, 6.07) is 6.55. The van der Waals surface area contributed by atoms with Crippen molar-refractivity contribution < 1.29 is 19.7 Å². The molecular weight excluding hydrogens is 236 g/mol. The van der Waals surface area contributed by atoms with Crippen molar-refractivity contribution in [3.05, 3.63) is 42.0 Å². The lowest BCUT2D eigenvalue weighted by atomic mass is 10.3. The number of rotatable bonds is 4. The van der Waals surface area contributed by atoms with E-state index >= 15 is 0 Å². The highest BCUT2D eigenvalue weighted by molar-refractivity contribution is 5.85. The van der Waals surface area contributed by atoms with Crippen LogP contribution in [-0.2, 0) is 13.7 Å². The average Bonchev–Trinajstić information content (AvgIpc) is 2.70. The van der Waals surface area contributed by atoms with Gasteiger partial charge in [0.15, 0.2) is 17.2 Å². The zero-order chi connectivity index (χ0) is 13.1. The summed E-state index contributed by atoms with van der Waals surface area (Å²) in [6.45, 7) is 0.0847. The number of phenolic OH excluding ortho intramolecular Hbond substituents is 1. The number of para-hydroxylation sites is 2. The Kier molecular flexibility index (Phi) is 3.18. The molecule has 2 aromatic rings. The van der Waals surface area contributed by atoms with Gasteiger partial charge in [-0.3, -0.25) is 0 Å². The number of phenols is 1. The quantitative estimate of drug-likeness (QED) is 0.854. The summed E-state index contributed by atoms with van der Waals surface area (Å²) in [5.41, 5.74) is -0.0339. The topological polar surface area (TPSA) is 84.6 Å². The molecule has 18 heavy (non-hydrogen) atoms. The summed E-state index contributed by atoms with van der Waals surface area (Å²) in [4.78, 5) is 14.6. The van der Waals surface area contributed by atoms with Crippen molar-refractivity contribution in [1.29, 1.82) is 0 Å². The number of ether oxygens (including phenoxy) is 1. The van der Waals surface area contributed by atoms with Crippen LogP contribution < -0.4 is 4.74 Å². The number of aromatic hydroxyl groups is 1. The highest BCUT2D eigenvalue weighted by Crippen LogP contribution is 2.25. The van der Waals surface area contributed by atoms with Gasteiger partial charge < -0.3 is 19.5 Å². The Morgan fingerprint density at radius 1 is 1.44 bits per heavy atom. The van der Waals surface area contributed by atoms with Gasteiger partial charge in [0.25, 0.3) is 0 Å². The molecule has 0 aliphatic carbocycles. The first-order chi connectivity index (χ1) is 8.58. The molecule has 2 N–H and O–H groups in total. The van der Waals surface area contributed by atoms with E-state index in [1.165, 1.54) is 12.3 Å². The van der Waals surface area contributed by atoms with Crippen molar-refractivity contribution in [1.82, 2.24) is 9.55 Å². The van der Waals surface area contributed by atoms with Crippen molar-refractivity contribution in [2.45, 2.75) is 6.61 Å². The second-order valence-corrected chi connectivity index (χ2v) is 3.71. The number of carboxylic acid groups (broad SMARTS) is 1. The summed E-state index contributed by atoms with van der Waals surface area (Å²) >= 11 is 0. The van der Waals surface area contributed by atoms with Crippen molar-refractivity contribution >= 4 is 5.97 Å². The molecule has 6 heteroatoms. The minimum Gasteiger partial charge on any atom is -0.504 e. The number of carbonyl (C=O) groups is 1. The van der Waals surface area contributed by atoms with E-state index in [1.54, 1.807) is 29.8 Å². The van der Waals surface area contributed by atoms with Gasteiger partial charge in [0.2, 0.25) is 0 Å². The Morgan fingerprint density at radius 2 is 2.17 bits per heavy atom. The van der Waals surface area contributed by atoms with Gasteiger partial charge in [-0.1, -0.05) is 12.1 Å². The van der Waals surface area contributed by atoms with E-state index in [-0.39, 0.29) is 18.1 Å². The summed E-state index contributed by atoms with van der Waals surface area (Å²) < 4.78 is 6.94. The van der Waals surface area contributed by atoms with E-state index in [0.29, 0.717) is 11.6 Å². The van der Waals surface area contributed by atoms with E-state index < -0.39 is 5.97 Å². The zero-order valence-electron chi connectivity index (χ0n) is 9.70. The predicted octanol–water partition coefficient (Wildman–Crippen LogP) is 1.40. The Hall–Kier alpha value is -2.50. The van der Waals surface area contributed by atoms with Crippen LogP contribution in [0.15, 0.2) is 30.5 Å². The zero-order valence-corrected chi connectivity index (χ0v) is 9.70. The SMILES string of the molecule is Cn1cc(C(=O)O)nc1COc1ccccc1O. The molecule has 0 aliphatic heterocycles. The molecule has 0 bridgehead atoms. The Bertz CT molecular complexity index is 577. The van der Waals surface area contributed by atoms with Gasteiger partial charge >= 0.3 is 5.97 Å². The number of aryl methyl sites for hydroxylation is 1. The molecule has 0 aliphatic rings. The van der Waals surface area contributed by atoms with E-state index in [0.717, 1.165) is 0 Å². The number of imidazole rings is 1. The number of carboxylic acids is 1. The number of benzene rings is 1. The minimum absolute atomic E-state index is 0.0326. The van der Waals surface area contributed by atoms with Crippen LogP contribution in [-0.4, -0.2) is 25.7 Å². The van der Waals surface area contributed by atoms with E-state index in [4.69, 9.17) is 9.84 Å². The molecule has 0 unspecified atom stereocenters. The van der Waals surface area contributed by atoms with Crippen LogP contribution in [0.1, 0.15) is 16.3 Å². The summed E-state index contributed by atoms with van der Waals surface area (Å²) in [7, 11) is 1.68. The average molecular weight is 248 g/mol. The monoisotopic (exact) mass is 248 g/mol. The maximum atomic E-state index is 10.7. The first-order valence-corrected chi connectivity index (χ1v) is 5.24. The van der Waals surface area contributed by atoms with Crippen LogP contribution in [0.3, 0.4) is 0 Å². The molecule has 6 nitrogen and oxygen atoms in total. The molecule has 94 valence electrons. The predicted molar refractivity (Wildman–Crippen MR) is 62.6 cm³/mol. The molecule has 1 aromatic heterocycles. The van der Waals surface area contributed by atoms with Gasteiger partial charge in [0.1, 0.15) is 12.4 Å². The van der Waals surface area contributed by atoms with Gasteiger partial charge in [-0.15, -0.1) is 0 Å². The van der Waals surface area contributed by atoms with Crippen LogP contribution in [0.25, 0.3) is 0 Å². The molecular formula is C12H12N2O4. The van der Waals surface area contributed by atoms with Crippen LogP contribution in [0.4, 0.5) is 0 Å². The lowest BCUT2D eigenvalue weighted by molar-refractivity contribution is 0.0690. The highest BCUT2D eigenvalue weighted by Gasteiger charge is 2.12. The molecule has 0 saturated heterocycles. The second-order valence-electron chi connectivity index (χ2n) is 3.71. The van der Waals surface area contributed by atoms with Crippen LogP contribution in [0.2, 0.25) is 0 Å². The molecule has 2 rings (SSSR count). The fourth-order valence-corrected chi connectivity index (χ4v) is 1.46. The Morgan fingerprint density at radius 3 is 2.78 bits per heavy atom. The fourth-order valence-electron chi connectivity index (χ4n) is 1.46. The van der Waals surface area contributed by atoms with Crippen molar-refractivity contribution in [3.63, 3.8) is 0 Å². The molecule has 0 radical (unpaired) electrons. The van der Waals surface area contributed by atoms with Crippen molar-refractivity contribution in [2.75, 3.05) is 0 Å². The first kappa shape index (κ1) is 12.0. The second kappa shape index (κ2) is 4.79. The normalized spacial score (nSPS) is 10.3. The van der Waals surface area contributed by atoms with Crippen LogP contribution >= 0.6 is 0 Å². The third-order valence-corrected chi connectivity index (χ3v) is 2.41. The number of hydrogen-bond donors (Lipinski definition) is 2. The minimum atomic E-state index is -1.08. The summed E-state index contributed by atoms with van der Waals surface area (Å²) in [5, 5.41) is 18.3. The van der Waals surface area contributed by atoms with Gasteiger partial charge in [-0.05, 0) is 12.1 Å². The van der Waals surface area contributed by atoms with Crippen molar-refractivity contribution in [2.24, 2.45) is 7.05 Å². The largest absolute Gasteiger partial charge is 0.504 e. The third kappa shape index (κ3) is 2.42. The summed E-state index contributed by atoms with van der Waals surface area (Å²) in [6.07, 6.45) is 1.41. The maximum absolute atomic E-state index is 10.7. The maximum Gasteiger partial charge on any atom is 0.356 e. The summed E-state index contributed by atoms with van der Waals surface area (Å²) in [5.74, 6) is -0.252. The number of aromatic nitrogens is 2. The lowest BCUT2D eigenvalue weighted by Crippen LogP contribution is -2.03. The number of hydrogen-bond acceptors (Lipinski definition) is 4. The molecule has 0 atom stereocenters. The molecule has 0 fully saturated rings. The number of nitrogens with zero attached hydrogens (tertiary/aromatic N) is 2. The third-order valence-electron chi connectivity index (χ3n) is 2.41. The molecule has 0 amide bonds. The fraction of sp³-hybridized carbons (Fsp3) is 0.167. The van der Waals surface area contributed by atoms with Gasteiger partial charge in [0, 0.05) is 13.2 Å². The standard InChI is InChI=1S/C12H12N2O4/c1-14-6-8(12(16)17)13-11(14)7-18-10-5-3-2-4-9(10)15/h2-6,15H,7H2,1H3,(H,16,17). The molecule has 0 spiro atoms. The van der Waals surface area contributed by atoms with E-state index in [2.05, 4.69) is 4.98 Å². The van der Waals surface area contributed by atoms with Gasteiger partial charge in [-0.25, -0.2) is 9.78 Å². The molecule has 1 heterocycles. The van der Waals surface area contributed by atoms with Crippen LogP contribution in [0, 0.1) is 0 Å². The van der Waals surface area contributed by atoms with Crippen molar-refractivity contribution in [3.8, 4) is 11.5 Å². The first-order valence-electron chi connectivity index (χ1n) is 5.24. The van der Waals surface area contributed by atoms with Crippen LogP contribution in [0.5, 0.6) is 11.5 Å². The van der Waals surface area contributed by atoms with Gasteiger partial charge in [0.05, 0.1) is 0 Å². The highest BCUT2D eigenvalue weighted by atomic mass is 16.5. The molecule has 0 saturated carbocycles. The van der Waals surface area contributed by atoms with E-state index in [1.807, 2.05) is 0 Å². The van der Waals surface area contributed by atoms with E-state index in [9.17, 15) is 9.90 Å². The van der Waals surface area contributed by atoms with Gasteiger partial charge in [-0.2, -0.15) is 0 Å². The number of aromatic carboxylic acids is 1. The Balaban J connectivity index is 2.11. The lowest BCUT2D eigenvalue weighted by Gasteiger charge is -2.07.